The molecule has 0 heterocycles. The van der Waals surface area contributed by atoms with E-state index < -0.39 is 6.09 Å². The molecule has 100 valence electrons. The quantitative estimate of drug-likeness (QED) is 0.309. The second kappa shape index (κ2) is 10.5. The highest BCUT2D eigenvalue weighted by Gasteiger charge is 2.09. The standard InChI is InChI=1S/C10H18ClNO4S/c1-15-9(13)6-8(17)4-2-3-5-12-10(14)16-7-11/h8,17H,2-7H2,1H3,(H,12,14). The summed E-state index contributed by atoms with van der Waals surface area (Å²) >= 11 is 9.47. The number of alkyl halides is 1. The number of hydrogen-bond acceptors (Lipinski definition) is 5. The average molecular weight is 284 g/mol. The lowest BCUT2D eigenvalue weighted by atomic mass is 10.1. The molecule has 17 heavy (non-hydrogen) atoms. The summed E-state index contributed by atoms with van der Waals surface area (Å²) in [5, 5.41) is 2.54. The third kappa shape index (κ3) is 10.3. The van der Waals surface area contributed by atoms with Crippen LogP contribution in [0.3, 0.4) is 0 Å². The van der Waals surface area contributed by atoms with Crippen molar-refractivity contribution in [1.29, 1.82) is 0 Å². The highest BCUT2D eigenvalue weighted by molar-refractivity contribution is 7.81. The Labute approximate surface area is 112 Å². The number of esters is 1. The van der Waals surface area contributed by atoms with E-state index in [1.807, 2.05) is 0 Å². The molecule has 0 rings (SSSR count). The first-order valence-electron chi connectivity index (χ1n) is 5.31. The lowest BCUT2D eigenvalue weighted by Crippen LogP contribution is -2.25. The molecule has 0 fully saturated rings. The van der Waals surface area contributed by atoms with Crippen LogP contribution in [0.1, 0.15) is 25.7 Å². The van der Waals surface area contributed by atoms with Gasteiger partial charge in [-0.05, 0) is 12.8 Å². The summed E-state index contributed by atoms with van der Waals surface area (Å²) in [7, 11) is 1.36. The zero-order valence-corrected chi connectivity index (χ0v) is 11.4. The molecule has 0 saturated heterocycles. The van der Waals surface area contributed by atoms with Crippen LogP contribution in [0.25, 0.3) is 0 Å². The number of nitrogens with one attached hydrogen (secondary N) is 1. The number of methoxy groups -OCH3 is 1. The summed E-state index contributed by atoms with van der Waals surface area (Å²) in [5.41, 5.74) is 0. The van der Waals surface area contributed by atoms with Crippen molar-refractivity contribution in [2.24, 2.45) is 0 Å². The molecule has 1 N–H and O–H groups in total. The van der Waals surface area contributed by atoms with Gasteiger partial charge in [-0.2, -0.15) is 12.6 Å². The van der Waals surface area contributed by atoms with Gasteiger partial charge < -0.3 is 14.8 Å². The highest BCUT2D eigenvalue weighted by Crippen LogP contribution is 2.11. The molecule has 0 aliphatic carbocycles. The maximum Gasteiger partial charge on any atom is 0.408 e. The van der Waals surface area contributed by atoms with Gasteiger partial charge in [-0.1, -0.05) is 18.0 Å². The van der Waals surface area contributed by atoms with Gasteiger partial charge >= 0.3 is 12.1 Å². The number of thiol groups is 1. The average Bonchev–Trinajstić information content (AvgIpc) is 2.28. The topological polar surface area (TPSA) is 64.6 Å². The minimum absolute atomic E-state index is 0.00255. The summed E-state index contributed by atoms with van der Waals surface area (Å²) in [5.74, 6) is -0.256. The molecule has 7 heteroatoms. The normalized spacial score (nSPS) is 11.7. The van der Waals surface area contributed by atoms with Gasteiger partial charge in [0.2, 0.25) is 0 Å². The Bertz CT molecular complexity index is 240. The van der Waals surface area contributed by atoms with Gasteiger partial charge in [-0.3, -0.25) is 4.79 Å². The van der Waals surface area contributed by atoms with E-state index in [2.05, 4.69) is 27.4 Å². The highest BCUT2D eigenvalue weighted by atomic mass is 35.5. The first-order chi connectivity index (χ1) is 8.10. The van der Waals surface area contributed by atoms with E-state index in [1.165, 1.54) is 7.11 Å². The minimum Gasteiger partial charge on any atom is -0.469 e. The van der Waals surface area contributed by atoms with E-state index in [4.69, 9.17) is 11.6 Å². The molecular formula is C10H18ClNO4S. The third-order valence-electron chi connectivity index (χ3n) is 2.05. The van der Waals surface area contributed by atoms with Crippen molar-refractivity contribution in [2.75, 3.05) is 19.7 Å². The van der Waals surface area contributed by atoms with Crippen LogP contribution in [0.5, 0.6) is 0 Å². The fraction of sp³-hybridized carbons (Fsp3) is 0.800. The van der Waals surface area contributed by atoms with Crippen LogP contribution in [-0.2, 0) is 14.3 Å². The molecule has 0 aliphatic heterocycles. The molecule has 0 aromatic carbocycles. The number of rotatable bonds is 8. The van der Waals surface area contributed by atoms with Crippen LogP contribution in [0.2, 0.25) is 0 Å². The van der Waals surface area contributed by atoms with Crippen molar-refractivity contribution in [3.8, 4) is 0 Å². The zero-order valence-electron chi connectivity index (χ0n) is 9.78. The molecule has 0 aromatic heterocycles. The Kier molecular flexibility index (Phi) is 10.1. The number of carbonyl (C=O) groups excluding carboxylic acids is 2. The van der Waals surface area contributed by atoms with Crippen molar-refractivity contribution in [3.05, 3.63) is 0 Å². The summed E-state index contributed by atoms with van der Waals surface area (Å²) in [4.78, 5) is 21.7. The van der Waals surface area contributed by atoms with Crippen molar-refractivity contribution >= 4 is 36.3 Å². The summed E-state index contributed by atoms with van der Waals surface area (Å²) in [6.45, 7) is 0.522. The van der Waals surface area contributed by atoms with Crippen molar-refractivity contribution < 1.29 is 19.1 Å². The zero-order chi connectivity index (χ0) is 13.1. The molecule has 1 amide bonds. The van der Waals surface area contributed by atoms with Crippen molar-refractivity contribution in [2.45, 2.75) is 30.9 Å². The van der Waals surface area contributed by atoms with Gasteiger partial charge in [0.05, 0.1) is 13.5 Å². The second-order valence-corrected chi connectivity index (χ2v) is 4.35. The summed E-state index contributed by atoms with van der Waals surface area (Å²) in [6, 6.07) is -0.149. The van der Waals surface area contributed by atoms with Crippen LogP contribution in [0, 0.1) is 0 Å². The van der Waals surface area contributed by atoms with Crippen LogP contribution in [0.15, 0.2) is 0 Å². The second-order valence-electron chi connectivity index (χ2n) is 3.40. The van der Waals surface area contributed by atoms with Gasteiger partial charge in [-0.25, -0.2) is 4.79 Å². The Morgan fingerprint density at radius 2 is 2.12 bits per heavy atom. The van der Waals surface area contributed by atoms with Crippen LogP contribution in [0.4, 0.5) is 4.79 Å². The third-order valence-corrected chi connectivity index (χ3v) is 2.60. The molecule has 5 nitrogen and oxygen atoms in total. The molecule has 0 aromatic rings. The Morgan fingerprint density at radius 1 is 1.41 bits per heavy atom. The summed E-state index contributed by atoms with van der Waals surface area (Å²) in [6.07, 6.45) is 2.25. The van der Waals surface area contributed by atoms with Crippen LogP contribution >= 0.6 is 24.2 Å². The Balaban J connectivity index is 3.39. The predicted octanol–water partition coefficient (Wildman–Crippen LogP) is 1.94. The van der Waals surface area contributed by atoms with Gasteiger partial charge in [0, 0.05) is 11.8 Å². The molecule has 0 aliphatic rings. The Morgan fingerprint density at radius 3 is 2.71 bits per heavy atom. The number of hydrogen-bond donors (Lipinski definition) is 2. The molecule has 0 saturated carbocycles. The molecule has 1 atom stereocenters. The van der Waals surface area contributed by atoms with E-state index in [1.54, 1.807) is 0 Å². The smallest absolute Gasteiger partial charge is 0.408 e. The van der Waals surface area contributed by atoms with Crippen molar-refractivity contribution in [1.82, 2.24) is 5.32 Å². The lowest BCUT2D eigenvalue weighted by molar-refractivity contribution is -0.140. The van der Waals surface area contributed by atoms with E-state index in [0.29, 0.717) is 13.0 Å². The number of amides is 1. The SMILES string of the molecule is COC(=O)CC(S)CCCCNC(=O)OCCl. The van der Waals surface area contributed by atoms with Gasteiger partial charge in [0.1, 0.15) is 0 Å². The lowest BCUT2D eigenvalue weighted by Gasteiger charge is -2.09. The van der Waals surface area contributed by atoms with E-state index in [9.17, 15) is 9.59 Å². The molecule has 0 spiro atoms. The predicted molar refractivity (Wildman–Crippen MR) is 68.5 cm³/mol. The largest absolute Gasteiger partial charge is 0.469 e. The molecule has 0 radical (unpaired) electrons. The van der Waals surface area contributed by atoms with E-state index in [-0.39, 0.29) is 17.3 Å². The first kappa shape index (κ1) is 16.4. The number of unbranched alkanes of at least 4 members (excludes halogenated alkanes) is 1. The number of alkyl carbamates (subject to hydrolysis) is 1. The van der Waals surface area contributed by atoms with E-state index in [0.717, 1.165) is 19.3 Å². The maximum atomic E-state index is 10.9. The van der Waals surface area contributed by atoms with Gasteiger partial charge in [0.15, 0.2) is 6.07 Å². The maximum absolute atomic E-state index is 10.9. The molecule has 1 unspecified atom stereocenters. The van der Waals surface area contributed by atoms with E-state index >= 15 is 0 Å². The van der Waals surface area contributed by atoms with Crippen LogP contribution in [-0.4, -0.2) is 37.0 Å². The minimum atomic E-state index is -0.517. The monoisotopic (exact) mass is 283 g/mol. The number of halogens is 1. The van der Waals surface area contributed by atoms with Gasteiger partial charge in [0.25, 0.3) is 0 Å². The first-order valence-corrected chi connectivity index (χ1v) is 6.36. The summed E-state index contributed by atoms with van der Waals surface area (Å²) < 4.78 is 9.01. The van der Waals surface area contributed by atoms with Crippen LogP contribution < -0.4 is 5.32 Å². The van der Waals surface area contributed by atoms with Gasteiger partial charge in [-0.15, -0.1) is 0 Å². The number of ether oxygens (including phenoxy) is 2. The fourth-order valence-corrected chi connectivity index (χ4v) is 1.60. The fourth-order valence-electron chi connectivity index (χ4n) is 1.17. The molecular weight excluding hydrogens is 266 g/mol. The molecule has 0 bridgehead atoms. The van der Waals surface area contributed by atoms with Crippen molar-refractivity contribution in [3.63, 3.8) is 0 Å². The Hall–Kier alpha value is -0.620. The number of carbonyl (C=O) groups is 2.